The van der Waals surface area contributed by atoms with Crippen LogP contribution in [0.15, 0.2) is 42.2 Å². The summed E-state index contributed by atoms with van der Waals surface area (Å²) in [6.45, 7) is 1.99. The zero-order valence-electron chi connectivity index (χ0n) is 16.8. The highest BCUT2D eigenvalue weighted by atomic mass is 35.5. The molecule has 0 saturated heterocycles. The number of allylic oxidation sites excluding steroid dienone is 2. The van der Waals surface area contributed by atoms with Crippen molar-refractivity contribution in [3.8, 4) is 11.1 Å². The molecular formula is C24H22ClFO4. The van der Waals surface area contributed by atoms with Gasteiger partial charge in [0, 0.05) is 22.4 Å². The summed E-state index contributed by atoms with van der Waals surface area (Å²) >= 11 is 5.89. The minimum absolute atomic E-state index is 0.00225. The number of Topliss-reactive ketones (excluding diaryl/α,β-unsaturated/α-hetero) is 1. The summed E-state index contributed by atoms with van der Waals surface area (Å²) in [6.07, 6.45) is 2.09. The van der Waals surface area contributed by atoms with Crippen molar-refractivity contribution in [2.45, 2.75) is 32.6 Å². The first-order valence-corrected chi connectivity index (χ1v) is 10.4. The van der Waals surface area contributed by atoms with Crippen LogP contribution >= 0.6 is 11.6 Å². The van der Waals surface area contributed by atoms with Crippen LogP contribution < -0.4 is 0 Å². The van der Waals surface area contributed by atoms with E-state index in [2.05, 4.69) is 4.74 Å². The van der Waals surface area contributed by atoms with Gasteiger partial charge in [0.15, 0.2) is 5.78 Å². The molecule has 1 fully saturated rings. The molecule has 0 amide bonds. The summed E-state index contributed by atoms with van der Waals surface area (Å²) in [6, 6.07) is 10.0. The van der Waals surface area contributed by atoms with Crippen LogP contribution in [0.3, 0.4) is 0 Å². The Kier molecular flexibility index (Phi) is 5.65. The quantitative estimate of drug-likeness (QED) is 0.544. The molecule has 0 unspecified atom stereocenters. The second-order valence-corrected chi connectivity index (χ2v) is 8.15. The molecule has 2 aliphatic carbocycles. The van der Waals surface area contributed by atoms with Crippen molar-refractivity contribution in [3.05, 3.63) is 64.1 Å². The second-order valence-electron chi connectivity index (χ2n) is 7.72. The zero-order chi connectivity index (χ0) is 21.4. The largest absolute Gasteiger partial charge is 0.513 e. The van der Waals surface area contributed by atoms with Gasteiger partial charge in [-0.25, -0.2) is 9.18 Å². The highest BCUT2D eigenvalue weighted by molar-refractivity contribution is 6.30. The summed E-state index contributed by atoms with van der Waals surface area (Å²) in [7, 11) is 1.24. The highest BCUT2D eigenvalue weighted by Crippen LogP contribution is 2.47. The number of halogens is 2. The van der Waals surface area contributed by atoms with Gasteiger partial charge >= 0.3 is 6.16 Å². The van der Waals surface area contributed by atoms with Gasteiger partial charge in [-0.3, -0.25) is 4.79 Å². The standard InChI is InChI=1S/C24H22ClFO4/c1-3-13-4-5-14(18-9-8-17(25)12-20(18)26)11-19(13)21-22(27)15-6-7-16(10-15)23(21)30-24(28)29-2/h4-5,8-9,11-12,15-16H,3,6-7,10H2,1-2H3/t15-,16+/m1/s1. The van der Waals surface area contributed by atoms with Gasteiger partial charge in [0.25, 0.3) is 0 Å². The van der Waals surface area contributed by atoms with Gasteiger partial charge in [-0.1, -0.05) is 30.7 Å². The lowest BCUT2D eigenvalue weighted by Gasteiger charge is -2.26. The molecule has 6 heteroatoms. The molecule has 0 radical (unpaired) electrons. The van der Waals surface area contributed by atoms with E-state index in [0.29, 0.717) is 45.9 Å². The Morgan fingerprint density at radius 1 is 1.13 bits per heavy atom. The molecule has 0 aliphatic heterocycles. The number of fused-ring (bicyclic) bond motifs is 2. The number of carbonyl (C=O) groups is 2. The summed E-state index contributed by atoms with van der Waals surface area (Å²) < 4.78 is 24.7. The molecule has 2 aromatic carbocycles. The van der Waals surface area contributed by atoms with Crippen LogP contribution in [0.25, 0.3) is 16.7 Å². The highest BCUT2D eigenvalue weighted by Gasteiger charge is 2.43. The van der Waals surface area contributed by atoms with E-state index in [-0.39, 0.29) is 17.6 Å². The Bertz CT molecular complexity index is 1060. The maximum Gasteiger partial charge on any atom is 0.513 e. The van der Waals surface area contributed by atoms with Crippen molar-refractivity contribution in [1.82, 2.24) is 0 Å². The first-order valence-electron chi connectivity index (χ1n) is 10.1. The van der Waals surface area contributed by atoms with E-state index < -0.39 is 12.0 Å². The van der Waals surface area contributed by atoms with Crippen LogP contribution in [-0.4, -0.2) is 19.0 Å². The number of hydrogen-bond acceptors (Lipinski definition) is 4. The first-order chi connectivity index (χ1) is 14.4. The van der Waals surface area contributed by atoms with Crippen molar-refractivity contribution in [3.63, 3.8) is 0 Å². The fraction of sp³-hybridized carbons (Fsp3) is 0.333. The molecule has 4 rings (SSSR count). The Morgan fingerprint density at radius 3 is 2.60 bits per heavy atom. The molecule has 0 spiro atoms. The number of carbonyl (C=O) groups excluding carboxylic acids is 2. The van der Waals surface area contributed by atoms with Crippen molar-refractivity contribution < 1.29 is 23.5 Å². The SMILES string of the molecule is CCc1ccc(-c2ccc(Cl)cc2F)cc1C1=C(OC(=O)OC)[C@H]2CC[C@H](C2)C1=O. The molecule has 4 nitrogen and oxygen atoms in total. The molecule has 0 N–H and O–H groups in total. The van der Waals surface area contributed by atoms with E-state index in [9.17, 15) is 14.0 Å². The predicted octanol–water partition coefficient (Wildman–Crippen LogP) is 6.20. The van der Waals surface area contributed by atoms with Crippen LogP contribution in [0.4, 0.5) is 9.18 Å². The van der Waals surface area contributed by atoms with E-state index in [1.807, 2.05) is 25.1 Å². The average molecular weight is 429 g/mol. The molecule has 1 saturated carbocycles. The molecular weight excluding hydrogens is 407 g/mol. The summed E-state index contributed by atoms with van der Waals surface area (Å²) in [5.74, 6) is -0.152. The van der Waals surface area contributed by atoms with Crippen LogP contribution in [0.5, 0.6) is 0 Å². The maximum absolute atomic E-state index is 14.5. The molecule has 156 valence electrons. The van der Waals surface area contributed by atoms with Crippen molar-refractivity contribution >= 4 is 29.1 Å². The van der Waals surface area contributed by atoms with Crippen LogP contribution in [0, 0.1) is 17.7 Å². The number of ketones is 1. The van der Waals surface area contributed by atoms with Gasteiger partial charge in [-0.05, 0) is 66.6 Å². The third-order valence-corrected chi connectivity index (χ3v) is 6.26. The molecule has 0 heterocycles. The fourth-order valence-corrected chi connectivity index (χ4v) is 4.69. The third kappa shape index (κ3) is 3.63. The van der Waals surface area contributed by atoms with E-state index >= 15 is 0 Å². The molecule has 2 aromatic rings. The zero-order valence-corrected chi connectivity index (χ0v) is 17.6. The monoisotopic (exact) mass is 428 g/mol. The van der Waals surface area contributed by atoms with Gasteiger partial charge in [0.2, 0.25) is 0 Å². The average Bonchev–Trinajstić information content (AvgIpc) is 3.18. The summed E-state index contributed by atoms with van der Waals surface area (Å²) in [5.41, 5.74) is 3.07. The van der Waals surface area contributed by atoms with E-state index in [1.165, 1.54) is 13.2 Å². The lowest BCUT2D eigenvalue weighted by Crippen LogP contribution is -2.24. The van der Waals surface area contributed by atoms with Gasteiger partial charge in [0.1, 0.15) is 11.6 Å². The smallest absolute Gasteiger partial charge is 0.437 e. The Labute approximate surface area is 179 Å². The minimum Gasteiger partial charge on any atom is -0.437 e. The van der Waals surface area contributed by atoms with Gasteiger partial charge < -0.3 is 9.47 Å². The first kappa shape index (κ1) is 20.6. The fourth-order valence-electron chi connectivity index (χ4n) is 4.53. The van der Waals surface area contributed by atoms with E-state index in [4.69, 9.17) is 16.3 Å². The number of hydrogen-bond donors (Lipinski definition) is 0. The van der Waals surface area contributed by atoms with Crippen molar-refractivity contribution in [1.29, 1.82) is 0 Å². The minimum atomic E-state index is -0.835. The molecule has 2 aliphatic rings. The molecule has 0 aromatic heterocycles. The topological polar surface area (TPSA) is 52.6 Å². The normalized spacial score (nSPS) is 20.5. The molecule has 30 heavy (non-hydrogen) atoms. The number of ether oxygens (including phenoxy) is 2. The van der Waals surface area contributed by atoms with Crippen LogP contribution in [0.2, 0.25) is 5.02 Å². The summed E-state index contributed by atoms with van der Waals surface area (Å²) in [4.78, 5) is 25.2. The number of rotatable bonds is 4. The number of methoxy groups -OCH3 is 1. The van der Waals surface area contributed by atoms with Gasteiger partial charge in [0.05, 0.1) is 12.7 Å². The van der Waals surface area contributed by atoms with Gasteiger partial charge in [-0.15, -0.1) is 0 Å². The van der Waals surface area contributed by atoms with Crippen molar-refractivity contribution in [2.75, 3.05) is 7.11 Å². The molecule has 2 atom stereocenters. The second kappa shape index (κ2) is 8.23. The molecule has 2 bridgehead atoms. The van der Waals surface area contributed by atoms with E-state index in [1.54, 1.807) is 12.1 Å². The summed E-state index contributed by atoms with van der Waals surface area (Å²) in [5, 5.41) is 0.317. The number of aryl methyl sites for hydroxylation is 1. The number of benzene rings is 2. The Balaban J connectivity index is 1.90. The van der Waals surface area contributed by atoms with Crippen LogP contribution in [-0.2, 0) is 20.7 Å². The maximum atomic E-state index is 14.5. The predicted molar refractivity (Wildman–Crippen MR) is 112 cm³/mol. The van der Waals surface area contributed by atoms with Crippen LogP contribution in [0.1, 0.15) is 37.3 Å². The lowest BCUT2D eigenvalue weighted by atomic mass is 9.81. The van der Waals surface area contributed by atoms with Gasteiger partial charge in [-0.2, -0.15) is 0 Å². The Morgan fingerprint density at radius 2 is 1.90 bits per heavy atom. The third-order valence-electron chi connectivity index (χ3n) is 6.03. The Hall–Kier alpha value is -2.66. The van der Waals surface area contributed by atoms with E-state index in [0.717, 1.165) is 18.4 Å². The lowest BCUT2D eigenvalue weighted by molar-refractivity contribution is -0.117. The van der Waals surface area contributed by atoms with Crippen molar-refractivity contribution in [2.24, 2.45) is 11.8 Å².